The molecule has 24 heavy (non-hydrogen) atoms. The lowest BCUT2D eigenvalue weighted by Crippen LogP contribution is -2.25. The van der Waals surface area contributed by atoms with Gasteiger partial charge in [0.1, 0.15) is 17.1 Å². The molecule has 0 bridgehead atoms. The Kier molecular flexibility index (Phi) is 4.03. The number of nitrogens with zero attached hydrogens (tertiary/aromatic N) is 4. The Morgan fingerprint density at radius 3 is 2.71 bits per heavy atom. The van der Waals surface area contributed by atoms with Crippen molar-refractivity contribution in [3.63, 3.8) is 0 Å². The monoisotopic (exact) mass is 326 g/mol. The Balaban J connectivity index is 1.79. The maximum atomic E-state index is 12.4. The fourth-order valence-corrected chi connectivity index (χ4v) is 2.37. The maximum absolute atomic E-state index is 12.4. The van der Waals surface area contributed by atoms with Crippen LogP contribution in [-0.4, -0.2) is 25.7 Å². The van der Waals surface area contributed by atoms with Crippen molar-refractivity contribution in [3.8, 4) is 11.5 Å². The van der Waals surface area contributed by atoms with Crippen molar-refractivity contribution in [1.29, 1.82) is 0 Å². The average Bonchev–Trinajstić information content (AvgIpc) is 3.09. The molecule has 1 amide bonds. The predicted molar refractivity (Wildman–Crippen MR) is 88.0 cm³/mol. The molecule has 8 heteroatoms. The molecule has 8 nitrogen and oxygen atoms in total. The molecule has 0 radical (unpaired) electrons. The number of nitrogens with one attached hydrogen (secondary N) is 1. The Morgan fingerprint density at radius 2 is 2.08 bits per heavy atom. The summed E-state index contributed by atoms with van der Waals surface area (Å²) in [6.07, 6.45) is 0. The van der Waals surface area contributed by atoms with Gasteiger partial charge in [0.2, 0.25) is 5.95 Å². The molecule has 0 saturated heterocycles. The van der Waals surface area contributed by atoms with E-state index in [1.165, 1.54) is 0 Å². The molecular weight excluding hydrogens is 308 g/mol. The molecule has 0 unspecified atom stereocenters. The van der Waals surface area contributed by atoms with Crippen LogP contribution in [0, 0.1) is 13.8 Å². The van der Waals surface area contributed by atoms with E-state index in [0.29, 0.717) is 18.0 Å². The maximum Gasteiger partial charge on any atom is 0.270 e. The van der Waals surface area contributed by atoms with Crippen molar-refractivity contribution in [3.05, 3.63) is 47.1 Å². The third-order valence-corrected chi connectivity index (χ3v) is 3.50. The van der Waals surface area contributed by atoms with Gasteiger partial charge < -0.3 is 15.5 Å². The average molecular weight is 326 g/mol. The van der Waals surface area contributed by atoms with Gasteiger partial charge in [0.25, 0.3) is 5.91 Å². The lowest BCUT2D eigenvalue weighted by molar-refractivity contribution is 0.0945. The van der Waals surface area contributed by atoms with Crippen LogP contribution in [0.2, 0.25) is 0 Å². The molecular formula is C16H18N6O2. The minimum absolute atomic E-state index is 0.0167. The molecule has 3 heterocycles. The molecule has 0 aromatic carbocycles. The number of hydrogen-bond donors (Lipinski definition) is 2. The number of carbonyl (C=O) groups is 1. The van der Waals surface area contributed by atoms with Gasteiger partial charge in [0, 0.05) is 7.05 Å². The first kappa shape index (κ1) is 15.7. The van der Waals surface area contributed by atoms with Crippen molar-refractivity contribution in [2.24, 2.45) is 7.05 Å². The zero-order chi connectivity index (χ0) is 17.3. The standard InChI is InChI=1S/C16H18N6O2/c1-9-6-11(22(3)21-9)8-18-15(23)13-7-12(19-16(17)20-13)14-5-4-10(2)24-14/h4-7H,8H2,1-3H3,(H,18,23)(H2,17,19,20). The number of hydrogen-bond acceptors (Lipinski definition) is 6. The van der Waals surface area contributed by atoms with E-state index in [2.05, 4.69) is 20.4 Å². The SMILES string of the molecule is Cc1cc(CNC(=O)c2cc(-c3ccc(C)o3)nc(N)n2)n(C)n1. The molecule has 3 aromatic rings. The van der Waals surface area contributed by atoms with Crippen LogP contribution in [0.1, 0.15) is 27.6 Å². The van der Waals surface area contributed by atoms with Crippen LogP contribution in [0.25, 0.3) is 11.5 Å². The quantitative estimate of drug-likeness (QED) is 0.753. The van der Waals surface area contributed by atoms with Crippen LogP contribution in [0.5, 0.6) is 0 Å². The predicted octanol–water partition coefficient (Wildman–Crippen LogP) is 1.60. The molecule has 0 aliphatic rings. The number of aromatic nitrogens is 4. The largest absolute Gasteiger partial charge is 0.460 e. The summed E-state index contributed by atoms with van der Waals surface area (Å²) in [6, 6.07) is 7.06. The fourth-order valence-electron chi connectivity index (χ4n) is 2.37. The van der Waals surface area contributed by atoms with Gasteiger partial charge in [-0.3, -0.25) is 9.48 Å². The van der Waals surface area contributed by atoms with Gasteiger partial charge in [-0.1, -0.05) is 0 Å². The van der Waals surface area contributed by atoms with Crippen molar-refractivity contribution in [2.75, 3.05) is 5.73 Å². The molecule has 0 saturated carbocycles. The Labute approximate surface area is 138 Å². The number of carbonyl (C=O) groups excluding carboxylic acids is 1. The summed E-state index contributed by atoms with van der Waals surface area (Å²) in [6.45, 7) is 4.07. The first-order chi connectivity index (χ1) is 11.4. The van der Waals surface area contributed by atoms with Crippen LogP contribution in [0.15, 0.2) is 28.7 Å². The van der Waals surface area contributed by atoms with Crippen LogP contribution >= 0.6 is 0 Å². The van der Waals surface area contributed by atoms with Gasteiger partial charge in [-0.15, -0.1) is 0 Å². The van der Waals surface area contributed by atoms with E-state index in [4.69, 9.17) is 10.2 Å². The molecule has 0 atom stereocenters. The molecule has 0 aliphatic carbocycles. The smallest absolute Gasteiger partial charge is 0.270 e. The highest BCUT2D eigenvalue weighted by Gasteiger charge is 2.14. The first-order valence-corrected chi connectivity index (χ1v) is 7.41. The van der Waals surface area contributed by atoms with E-state index in [1.807, 2.05) is 33.0 Å². The molecule has 0 fully saturated rings. The van der Waals surface area contributed by atoms with E-state index < -0.39 is 0 Å². The number of amides is 1. The normalized spacial score (nSPS) is 10.8. The van der Waals surface area contributed by atoms with Crippen LogP contribution in [-0.2, 0) is 13.6 Å². The van der Waals surface area contributed by atoms with Crippen LogP contribution < -0.4 is 11.1 Å². The highest BCUT2D eigenvalue weighted by atomic mass is 16.3. The van der Waals surface area contributed by atoms with Gasteiger partial charge >= 0.3 is 0 Å². The van der Waals surface area contributed by atoms with Gasteiger partial charge in [-0.2, -0.15) is 5.10 Å². The van der Waals surface area contributed by atoms with E-state index in [-0.39, 0.29) is 17.5 Å². The molecule has 124 valence electrons. The molecule has 0 spiro atoms. The molecule has 0 aliphatic heterocycles. The van der Waals surface area contributed by atoms with Gasteiger partial charge in [0.05, 0.1) is 17.9 Å². The second kappa shape index (κ2) is 6.15. The minimum atomic E-state index is -0.340. The molecule has 3 aromatic heterocycles. The Hall–Kier alpha value is -3.16. The third-order valence-electron chi connectivity index (χ3n) is 3.50. The number of rotatable bonds is 4. The van der Waals surface area contributed by atoms with Crippen molar-refractivity contribution < 1.29 is 9.21 Å². The third kappa shape index (κ3) is 3.27. The second-order valence-electron chi connectivity index (χ2n) is 5.49. The van der Waals surface area contributed by atoms with Crippen molar-refractivity contribution in [1.82, 2.24) is 25.1 Å². The van der Waals surface area contributed by atoms with Crippen LogP contribution in [0.3, 0.4) is 0 Å². The summed E-state index contributed by atoms with van der Waals surface area (Å²) in [4.78, 5) is 20.5. The zero-order valence-electron chi connectivity index (χ0n) is 13.7. The minimum Gasteiger partial charge on any atom is -0.460 e. The molecule has 3 rings (SSSR count). The lowest BCUT2D eigenvalue weighted by atomic mass is 10.2. The summed E-state index contributed by atoms with van der Waals surface area (Å²) >= 11 is 0. The molecule has 3 N–H and O–H groups in total. The van der Waals surface area contributed by atoms with Crippen LogP contribution in [0.4, 0.5) is 5.95 Å². The summed E-state index contributed by atoms with van der Waals surface area (Å²) < 4.78 is 7.24. The summed E-state index contributed by atoms with van der Waals surface area (Å²) in [7, 11) is 1.83. The summed E-state index contributed by atoms with van der Waals surface area (Å²) in [5, 5.41) is 7.04. The highest BCUT2D eigenvalue weighted by Crippen LogP contribution is 2.21. The van der Waals surface area contributed by atoms with Gasteiger partial charge in [-0.05, 0) is 38.1 Å². The Bertz CT molecular complexity index is 896. The number of anilines is 1. The second-order valence-corrected chi connectivity index (χ2v) is 5.49. The fraction of sp³-hybridized carbons (Fsp3) is 0.250. The summed E-state index contributed by atoms with van der Waals surface area (Å²) in [5.41, 5.74) is 8.16. The number of nitrogens with two attached hydrogens (primary N) is 1. The first-order valence-electron chi connectivity index (χ1n) is 7.41. The van der Waals surface area contributed by atoms with Gasteiger partial charge in [-0.25, -0.2) is 9.97 Å². The van der Waals surface area contributed by atoms with Crippen molar-refractivity contribution in [2.45, 2.75) is 20.4 Å². The topological polar surface area (TPSA) is 112 Å². The number of furan rings is 1. The van der Waals surface area contributed by atoms with Crippen molar-refractivity contribution >= 4 is 11.9 Å². The zero-order valence-corrected chi connectivity index (χ0v) is 13.7. The Morgan fingerprint density at radius 1 is 1.29 bits per heavy atom. The highest BCUT2D eigenvalue weighted by molar-refractivity contribution is 5.93. The van der Waals surface area contributed by atoms with E-state index in [1.54, 1.807) is 16.8 Å². The van der Waals surface area contributed by atoms with E-state index in [0.717, 1.165) is 17.1 Å². The number of aryl methyl sites for hydroxylation is 3. The van der Waals surface area contributed by atoms with Gasteiger partial charge in [0.15, 0.2) is 5.76 Å². The lowest BCUT2D eigenvalue weighted by Gasteiger charge is -2.06. The number of nitrogen functional groups attached to an aromatic ring is 1. The van der Waals surface area contributed by atoms with E-state index in [9.17, 15) is 4.79 Å². The summed E-state index contributed by atoms with van der Waals surface area (Å²) in [5.74, 6) is 0.966. The van der Waals surface area contributed by atoms with E-state index >= 15 is 0 Å².